The van der Waals surface area contributed by atoms with E-state index in [0.717, 1.165) is 64.9 Å². The number of carbonyl (C=O) groups excluding carboxylic acids is 1. The van der Waals surface area contributed by atoms with Crippen molar-refractivity contribution in [3.63, 3.8) is 0 Å². The lowest BCUT2D eigenvalue weighted by atomic mass is 10.2. The van der Waals surface area contributed by atoms with Crippen LogP contribution in [0.5, 0.6) is 0 Å². The van der Waals surface area contributed by atoms with Gasteiger partial charge in [-0.05, 0) is 20.3 Å². The lowest BCUT2D eigenvalue weighted by molar-refractivity contribution is -0.133. The molecule has 0 saturated carbocycles. The first-order valence-electron chi connectivity index (χ1n) is 9.66. The average molecular weight is 354 g/mol. The van der Waals surface area contributed by atoms with Gasteiger partial charge in [-0.2, -0.15) is 0 Å². The quantitative estimate of drug-likeness (QED) is 0.538. The standard InChI is InChI=1S/C18H35N5O2/c1-5-19-18(20-12-15(4)22-8-10-25-11-9-22)21-16-6-7-23(13-16)17(24)14(2)3/h14-16H,5-13H2,1-4H3,(H2,19,20,21). The van der Waals surface area contributed by atoms with E-state index in [9.17, 15) is 4.79 Å². The Bertz CT molecular complexity index is 449. The van der Waals surface area contributed by atoms with Gasteiger partial charge in [0.1, 0.15) is 0 Å². The third kappa shape index (κ3) is 6.15. The maximum absolute atomic E-state index is 12.1. The number of guanidine groups is 1. The number of hydrogen-bond donors (Lipinski definition) is 2. The van der Waals surface area contributed by atoms with Gasteiger partial charge in [0.25, 0.3) is 0 Å². The van der Waals surface area contributed by atoms with Crippen LogP contribution in [-0.4, -0.2) is 86.2 Å². The maximum Gasteiger partial charge on any atom is 0.225 e. The van der Waals surface area contributed by atoms with E-state index in [1.165, 1.54) is 0 Å². The Kier molecular flexibility index (Phi) is 7.96. The third-order valence-corrected chi connectivity index (χ3v) is 4.86. The molecule has 2 unspecified atom stereocenters. The molecule has 0 radical (unpaired) electrons. The lowest BCUT2D eigenvalue weighted by Gasteiger charge is -2.31. The minimum atomic E-state index is 0.0648. The van der Waals surface area contributed by atoms with Crippen LogP contribution in [-0.2, 0) is 9.53 Å². The zero-order chi connectivity index (χ0) is 18.2. The predicted octanol–water partition coefficient (Wildman–Crippen LogP) is 0.519. The van der Waals surface area contributed by atoms with Crippen LogP contribution in [0.15, 0.2) is 4.99 Å². The molecule has 2 fully saturated rings. The van der Waals surface area contributed by atoms with Gasteiger partial charge in [-0.25, -0.2) is 0 Å². The number of rotatable bonds is 6. The van der Waals surface area contributed by atoms with E-state index in [0.29, 0.717) is 6.04 Å². The highest BCUT2D eigenvalue weighted by atomic mass is 16.5. The van der Waals surface area contributed by atoms with E-state index >= 15 is 0 Å². The smallest absolute Gasteiger partial charge is 0.225 e. The Labute approximate surface area is 152 Å². The summed E-state index contributed by atoms with van der Waals surface area (Å²) in [5, 5.41) is 6.83. The second-order valence-electron chi connectivity index (χ2n) is 7.29. The molecule has 0 spiro atoms. The van der Waals surface area contributed by atoms with Gasteiger partial charge in [-0.1, -0.05) is 13.8 Å². The van der Waals surface area contributed by atoms with Gasteiger partial charge in [0.05, 0.1) is 19.8 Å². The molecule has 2 N–H and O–H groups in total. The van der Waals surface area contributed by atoms with Gasteiger partial charge < -0.3 is 20.3 Å². The molecule has 2 aliphatic rings. The van der Waals surface area contributed by atoms with Crippen molar-refractivity contribution in [1.29, 1.82) is 0 Å². The molecular weight excluding hydrogens is 318 g/mol. The number of morpholine rings is 1. The molecule has 2 atom stereocenters. The highest BCUT2D eigenvalue weighted by molar-refractivity contribution is 5.81. The van der Waals surface area contributed by atoms with Crippen LogP contribution in [0.2, 0.25) is 0 Å². The van der Waals surface area contributed by atoms with E-state index in [1.807, 2.05) is 18.7 Å². The van der Waals surface area contributed by atoms with Gasteiger partial charge >= 0.3 is 0 Å². The molecule has 0 aromatic carbocycles. The van der Waals surface area contributed by atoms with Gasteiger partial charge in [-0.15, -0.1) is 0 Å². The summed E-state index contributed by atoms with van der Waals surface area (Å²) in [4.78, 5) is 21.3. The number of carbonyl (C=O) groups is 1. The van der Waals surface area contributed by atoms with Crippen molar-refractivity contribution < 1.29 is 9.53 Å². The van der Waals surface area contributed by atoms with Crippen molar-refractivity contribution >= 4 is 11.9 Å². The van der Waals surface area contributed by atoms with Crippen LogP contribution >= 0.6 is 0 Å². The van der Waals surface area contributed by atoms with E-state index in [-0.39, 0.29) is 17.9 Å². The molecule has 7 heteroatoms. The van der Waals surface area contributed by atoms with E-state index < -0.39 is 0 Å². The first kappa shape index (κ1) is 20.0. The number of likely N-dealkylation sites (tertiary alicyclic amines) is 1. The average Bonchev–Trinajstić information content (AvgIpc) is 3.08. The lowest BCUT2D eigenvalue weighted by Crippen LogP contribution is -2.47. The number of nitrogens with one attached hydrogen (secondary N) is 2. The van der Waals surface area contributed by atoms with Crippen LogP contribution in [0.1, 0.15) is 34.1 Å². The van der Waals surface area contributed by atoms with E-state index in [1.54, 1.807) is 0 Å². The van der Waals surface area contributed by atoms with E-state index in [2.05, 4.69) is 29.4 Å². The Hall–Kier alpha value is -1.34. The van der Waals surface area contributed by atoms with Gasteiger partial charge in [0.2, 0.25) is 5.91 Å². The Morgan fingerprint density at radius 2 is 1.96 bits per heavy atom. The molecule has 2 heterocycles. The number of ether oxygens (including phenoxy) is 1. The molecule has 0 aliphatic carbocycles. The first-order valence-corrected chi connectivity index (χ1v) is 9.66. The van der Waals surface area contributed by atoms with Gasteiger partial charge in [-0.3, -0.25) is 14.7 Å². The number of hydrogen-bond acceptors (Lipinski definition) is 4. The molecule has 25 heavy (non-hydrogen) atoms. The van der Waals surface area contributed by atoms with Crippen LogP contribution in [0.4, 0.5) is 0 Å². The van der Waals surface area contributed by atoms with Crippen molar-refractivity contribution in [3.05, 3.63) is 0 Å². The molecule has 7 nitrogen and oxygen atoms in total. The zero-order valence-corrected chi connectivity index (χ0v) is 16.3. The number of amides is 1. The van der Waals surface area contributed by atoms with E-state index in [4.69, 9.17) is 9.73 Å². The summed E-state index contributed by atoms with van der Waals surface area (Å²) >= 11 is 0. The molecule has 144 valence electrons. The maximum atomic E-state index is 12.1. The summed E-state index contributed by atoms with van der Waals surface area (Å²) in [7, 11) is 0. The van der Waals surface area contributed by atoms with Crippen molar-refractivity contribution in [2.75, 3.05) is 52.5 Å². The monoisotopic (exact) mass is 353 g/mol. The summed E-state index contributed by atoms with van der Waals surface area (Å²) in [6.07, 6.45) is 0.974. The molecular formula is C18H35N5O2. The largest absolute Gasteiger partial charge is 0.379 e. The van der Waals surface area contributed by atoms with Crippen molar-refractivity contribution in [2.24, 2.45) is 10.9 Å². The predicted molar refractivity (Wildman–Crippen MR) is 101 cm³/mol. The van der Waals surface area contributed by atoms with Crippen molar-refractivity contribution in [2.45, 2.75) is 46.2 Å². The Morgan fingerprint density at radius 3 is 2.60 bits per heavy atom. The van der Waals surface area contributed by atoms with Gasteiger partial charge in [0, 0.05) is 50.7 Å². The van der Waals surface area contributed by atoms with Gasteiger partial charge in [0.15, 0.2) is 5.96 Å². The van der Waals surface area contributed by atoms with Crippen LogP contribution in [0.3, 0.4) is 0 Å². The first-order chi connectivity index (χ1) is 12.0. The molecule has 0 aromatic heterocycles. The fraction of sp³-hybridized carbons (Fsp3) is 0.889. The Balaban J connectivity index is 1.84. The third-order valence-electron chi connectivity index (χ3n) is 4.86. The summed E-state index contributed by atoms with van der Waals surface area (Å²) < 4.78 is 5.41. The summed E-state index contributed by atoms with van der Waals surface area (Å²) in [6, 6.07) is 0.682. The number of aliphatic imine (C=N–C) groups is 1. The molecule has 1 amide bonds. The van der Waals surface area contributed by atoms with Crippen LogP contribution in [0.25, 0.3) is 0 Å². The minimum Gasteiger partial charge on any atom is -0.379 e. The summed E-state index contributed by atoms with van der Waals surface area (Å²) in [5.41, 5.74) is 0. The molecule has 2 saturated heterocycles. The molecule has 2 rings (SSSR count). The fourth-order valence-electron chi connectivity index (χ4n) is 3.31. The second kappa shape index (κ2) is 9.97. The molecule has 0 aromatic rings. The second-order valence-corrected chi connectivity index (χ2v) is 7.29. The molecule has 2 aliphatic heterocycles. The SMILES string of the molecule is CCNC(=NCC(C)N1CCOCC1)NC1CCN(C(=O)C(C)C)C1. The highest BCUT2D eigenvalue weighted by Gasteiger charge is 2.28. The Morgan fingerprint density at radius 1 is 1.24 bits per heavy atom. The number of nitrogens with zero attached hydrogens (tertiary/aromatic N) is 3. The zero-order valence-electron chi connectivity index (χ0n) is 16.3. The van der Waals surface area contributed by atoms with Crippen molar-refractivity contribution in [1.82, 2.24) is 20.4 Å². The molecule has 0 bridgehead atoms. The fourth-order valence-corrected chi connectivity index (χ4v) is 3.31. The highest BCUT2D eigenvalue weighted by Crippen LogP contribution is 2.12. The minimum absolute atomic E-state index is 0.0648. The van der Waals surface area contributed by atoms with Crippen molar-refractivity contribution in [3.8, 4) is 0 Å². The van der Waals surface area contributed by atoms with Crippen LogP contribution in [0, 0.1) is 5.92 Å². The topological polar surface area (TPSA) is 69.2 Å². The normalized spacial score (nSPS) is 23.8. The van der Waals surface area contributed by atoms with Crippen LogP contribution < -0.4 is 10.6 Å². The summed E-state index contributed by atoms with van der Waals surface area (Å²) in [5.74, 6) is 1.16. The summed E-state index contributed by atoms with van der Waals surface area (Å²) in [6.45, 7) is 15.0.